The van der Waals surface area contributed by atoms with Crippen LogP contribution in [0.3, 0.4) is 0 Å². The molecule has 3 heterocycles. The van der Waals surface area contributed by atoms with Crippen molar-refractivity contribution in [3.8, 4) is 0 Å². The predicted octanol–water partition coefficient (Wildman–Crippen LogP) is 4.56. The van der Waals surface area contributed by atoms with Crippen molar-refractivity contribution in [3.05, 3.63) is 95.2 Å². The topological polar surface area (TPSA) is 90.0 Å². The molecule has 4 aromatic rings. The molecule has 8 heteroatoms. The van der Waals surface area contributed by atoms with Gasteiger partial charge in [-0.2, -0.15) is 0 Å². The molecule has 1 unspecified atom stereocenters. The van der Waals surface area contributed by atoms with E-state index in [2.05, 4.69) is 45.3 Å². The average Bonchev–Trinajstić information content (AvgIpc) is 3.56. The van der Waals surface area contributed by atoms with Crippen LogP contribution in [-0.2, 0) is 16.1 Å². The number of carbonyl (C=O) groups is 2. The molecule has 1 aromatic heterocycles. The summed E-state index contributed by atoms with van der Waals surface area (Å²) >= 11 is 0. The molecule has 2 aliphatic rings. The van der Waals surface area contributed by atoms with E-state index >= 15 is 0 Å². The summed E-state index contributed by atoms with van der Waals surface area (Å²) in [6.07, 6.45) is 1.90. The summed E-state index contributed by atoms with van der Waals surface area (Å²) < 4.78 is 4.86. The number of piperazine rings is 1. The van der Waals surface area contributed by atoms with Crippen molar-refractivity contribution in [1.82, 2.24) is 14.8 Å². The molecule has 0 saturated carbocycles. The molecule has 2 N–H and O–H groups in total. The smallest absolute Gasteiger partial charge is 0.337 e. The first kappa shape index (κ1) is 25.0. The Kier molecular flexibility index (Phi) is 6.72. The zero-order chi connectivity index (χ0) is 26.9. The molecule has 0 aliphatic carbocycles. The SMILES string of the molecule is COC(=O)c1ccc2c(c1)NC(=O)C2C(=Nc1ccc(CN2CCN(C)CC2)cc1)c1ccc2[nH]ccc2c1. The van der Waals surface area contributed by atoms with E-state index in [1.54, 1.807) is 12.1 Å². The number of esters is 1. The number of carbonyl (C=O) groups excluding carboxylic acids is 2. The number of aromatic nitrogens is 1. The number of amides is 1. The fourth-order valence-corrected chi connectivity index (χ4v) is 5.37. The van der Waals surface area contributed by atoms with Gasteiger partial charge in [-0.3, -0.25) is 14.7 Å². The van der Waals surface area contributed by atoms with Gasteiger partial charge in [-0.05, 0) is 66.2 Å². The molecular formula is C31H31N5O3. The number of hydrogen-bond acceptors (Lipinski definition) is 6. The molecule has 198 valence electrons. The Balaban J connectivity index is 1.36. The Morgan fingerprint density at radius 3 is 2.51 bits per heavy atom. The Labute approximate surface area is 227 Å². The summed E-state index contributed by atoms with van der Waals surface area (Å²) in [6, 6.07) is 21.5. The third-order valence-corrected chi connectivity index (χ3v) is 7.62. The summed E-state index contributed by atoms with van der Waals surface area (Å²) in [5.41, 5.74) is 6.35. The molecule has 2 aliphatic heterocycles. The molecule has 0 spiro atoms. The van der Waals surface area contributed by atoms with Crippen molar-refractivity contribution in [3.63, 3.8) is 0 Å². The van der Waals surface area contributed by atoms with E-state index in [0.717, 1.165) is 60.4 Å². The van der Waals surface area contributed by atoms with Gasteiger partial charge < -0.3 is 19.9 Å². The first-order valence-electron chi connectivity index (χ1n) is 13.2. The minimum absolute atomic E-state index is 0.174. The van der Waals surface area contributed by atoms with Crippen LogP contribution in [0.1, 0.15) is 33.0 Å². The maximum absolute atomic E-state index is 13.4. The Bertz CT molecular complexity index is 1560. The van der Waals surface area contributed by atoms with Gasteiger partial charge in [0, 0.05) is 55.5 Å². The molecule has 8 nitrogen and oxygen atoms in total. The second-order valence-corrected chi connectivity index (χ2v) is 10.2. The van der Waals surface area contributed by atoms with E-state index in [9.17, 15) is 9.59 Å². The molecule has 1 fully saturated rings. The van der Waals surface area contributed by atoms with Crippen LogP contribution in [0.25, 0.3) is 10.9 Å². The van der Waals surface area contributed by atoms with Crippen LogP contribution in [-0.4, -0.2) is 72.7 Å². The van der Waals surface area contributed by atoms with Gasteiger partial charge >= 0.3 is 5.97 Å². The number of nitrogens with one attached hydrogen (secondary N) is 2. The van der Waals surface area contributed by atoms with Gasteiger partial charge in [0.15, 0.2) is 0 Å². The highest BCUT2D eigenvalue weighted by Crippen LogP contribution is 2.37. The van der Waals surface area contributed by atoms with Crippen molar-refractivity contribution >= 4 is 39.9 Å². The molecule has 39 heavy (non-hydrogen) atoms. The summed E-state index contributed by atoms with van der Waals surface area (Å²) in [6.45, 7) is 5.22. The van der Waals surface area contributed by atoms with Crippen LogP contribution in [0.4, 0.5) is 11.4 Å². The van der Waals surface area contributed by atoms with Gasteiger partial charge in [0.25, 0.3) is 0 Å². The molecule has 1 saturated heterocycles. The standard InChI is InChI=1S/C31H31N5O3/c1-35-13-15-36(16-14-35)19-20-3-7-24(8-4-20)33-29(22-6-10-26-21(17-22)11-12-32-26)28-25-9-5-23(31(38)39-2)18-27(25)34-30(28)37/h3-12,17-18,28,32H,13-16,19H2,1-2H3,(H,34,37). The average molecular weight is 522 g/mol. The number of rotatable bonds is 6. The van der Waals surface area contributed by atoms with Gasteiger partial charge in [0.1, 0.15) is 5.92 Å². The Morgan fingerprint density at radius 1 is 0.974 bits per heavy atom. The monoisotopic (exact) mass is 521 g/mol. The Morgan fingerprint density at radius 2 is 1.74 bits per heavy atom. The zero-order valence-corrected chi connectivity index (χ0v) is 22.1. The number of anilines is 1. The number of benzene rings is 3. The first-order chi connectivity index (χ1) is 19.0. The molecule has 0 bridgehead atoms. The Hall–Kier alpha value is -4.27. The van der Waals surface area contributed by atoms with Crippen LogP contribution in [0.15, 0.2) is 77.9 Å². The lowest BCUT2D eigenvalue weighted by Crippen LogP contribution is -2.43. The van der Waals surface area contributed by atoms with Crippen LogP contribution in [0, 0.1) is 0 Å². The van der Waals surface area contributed by atoms with Gasteiger partial charge in [-0.15, -0.1) is 0 Å². The van der Waals surface area contributed by atoms with Gasteiger partial charge in [-0.25, -0.2) is 4.79 Å². The summed E-state index contributed by atoms with van der Waals surface area (Å²) in [7, 11) is 3.51. The largest absolute Gasteiger partial charge is 0.465 e. The maximum atomic E-state index is 13.4. The highest BCUT2D eigenvalue weighted by Gasteiger charge is 2.36. The van der Waals surface area contributed by atoms with Crippen LogP contribution >= 0.6 is 0 Å². The predicted molar refractivity (Wildman–Crippen MR) is 153 cm³/mol. The fourth-order valence-electron chi connectivity index (χ4n) is 5.37. The highest BCUT2D eigenvalue weighted by molar-refractivity contribution is 6.24. The molecule has 6 rings (SSSR count). The number of ether oxygens (including phenoxy) is 1. The number of aromatic amines is 1. The summed E-state index contributed by atoms with van der Waals surface area (Å²) in [5, 5.41) is 3.99. The van der Waals surface area contributed by atoms with E-state index in [0.29, 0.717) is 17.0 Å². The second kappa shape index (κ2) is 10.5. The lowest BCUT2D eigenvalue weighted by molar-refractivity contribution is -0.115. The lowest BCUT2D eigenvalue weighted by Gasteiger charge is -2.32. The summed E-state index contributed by atoms with van der Waals surface area (Å²) in [4.78, 5) is 38.6. The third kappa shape index (κ3) is 5.08. The van der Waals surface area contributed by atoms with Crippen molar-refractivity contribution in [1.29, 1.82) is 0 Å². The molecular weight excluding hydrogens is 490 g/mol. The first-order valence-corrected chi connectivity index (χ1v) is 13.2. The highest BCUT2D eigenvalue weighted by atomic mass is 16.5. The molecule has 1 atom stereocenters. The van der Waals surface area contributed by atoms with Crippen molar-refractivity contribution < 1.29 is 14.3 Å². The van der Waals surface area contributed by atoms with E-state index in [1.807, 2.05) is 42.6 Å². The van der Waals surface area contributed by atoms with Crippen molar-refractivity contribution in [2.75, 3.05) is 45.7 Å². The van der Waals surface area contributed by atoms with Crippen LogP contribution in [0.2, 0.25) is 0 Å². The molecule has 0 radical (unpaired) electrons. The zero-order valence-electron chi connectivity index (χ0n) is 22.1. The number of methoxy groups -OCH3 is 1. The van der Waals surface area contributed by atoms with E-state index in [1.165, 1.54) is 12.7 Å². The van der Waals surface area contributed by atoms with Crippen molar-refractivity contribution in [2.45, 2.75) is 12.5 Å². The normalized spacial score (nSPS) is 18.3. The number of nitrogens with zero attached hydrogens (tertiary/aromatic N) is 3. The number of aliphatic imine (C=N–C) groups is 1. The summed E-state index contributed by atoms with van der Waals surface area (Å²) in [5.74, 6) is -1.24. The second-order valence-electron chi connectivity index (χ2n) is 10.2. The number of likely N-dealkylation sites (N-methyl/N-ethyl adjacent to an activating group) is 1. The van der Waals surface area contributed by atoms with E-state index < -0.39 is 11.9 Å². The van der Waals surface area contributed by atoms with Crippen LogP contribution in [0.5, 0.6) is 0 Å². The number of hydrogen-bond donors (Lipinski definition) is 2. The van der Waals surface area contributed by atoms with Gasteiger partial charge in [-0.1, -0.05) is 24.3 Å². The number of H-pyrrole nitrogens is 1. The molecule has 3 aromatic carbocycles. The fraction of sp³-hybridized carbons (Fsp3) is 0.258. The minimum Gasteiger partial charge on any atom is -0.465 e. The van der Waals surface area contributed by atoms with Crippen LogP contribution < -0.4 is 5.32 Å². The van der Waals surface area contributed by atoms with Gasteiger partial charge in [0.05, 0.1) is 24.1 Å². The third-order valence-electron chi connectivity index (χ3n) is 7.62. The van der Waals surface area contributed by atoms with E-state index in [-0.39, 0.29) is 5.91 Å². The lowest BCUT2D eigenvalue weighted by atomic mass is 9.89. The number of fused-ring (bicyclic) bond motifs is 2. The minimum atomic E-state index is -0.617. The van der Waals surface area contributed by atoms with Crippen molar-refractivity contribution in [2.24, 2.45) is 4.99 Å². The quantitative estimate of drug-likeness (QED) is 0.287. The van der Waals surface area contributed by atoms with E-state index in [4.69, 9.17) is 9.73 Å². The maximum Gasteiger partial charge on any atom is 0.337 e. The van der Waals surface area contributed by atoms with Gasteiger partial charge in [0.2, 0.25) is 5.91 Å². The molecule has 1 amide bonds.